The molecular weight excluding hydrogens is 208 g/mol. The first-order chi connectivity index (χ1) is 2.77. The predicted octanol–water partition coefficient (Wildman–Crippen LogP) is 2.45. The van der Waals surface area contributed by atoms with E-state index in [1.54, 1.807) is 0 Å². The van der Waals surface area contributed by atoms with Crippen molar-refractivity contribution in [3.05, 3.63) is 0 Å². The molecule has 0 radical (unpaired) electrons. The zero-order chi connectivity index (χ0) is 4.99. The van der Waals surface area contributed by atoms with Crippen LogP contribution in [0.25, 0.3) is 0 Å². The lowest BCUT2D eigenvalue weighted by Crippen LogP contribution is -1.52. The molecule has 36 valence electrons. The largest absolute Gasteiger partial charge is 0.265 e. The number of rotatable bonds is 1. The van der Waals surface area contributed by atoms with Gasteiger partial charge in [-0.1, -0.05) is 6.30 Å². The molecule has 0 aliphatic carbocycles. The fraction of sp³-hybridized carbons (Fsp3) is 0.667. The van der Waals surface area contributed by atoms with Crippen LogP contribution in [0.4, 0.5) is 0 Å². The highest BCUT2D eigenvalue weighted by molar-refractivity contribution is 14.2. The van der Waals surface area contributed by atoms with Crippen molar-refractivity contribution in [1.82, 2.24) is 0 Å². The minimum absolute atomic E-state index is 0.256. The number of hydrogen-bond acceptors (Lipinski definition) is 1. The average molecular weight is 215 g/mol. The summed E-state index contributed by atoms with van der Waals surface area (Å²) in [6.45, 7) is 2.94. The Labute approximate surface area is 51.7 Å². The van der Waals surface area contributed by atoms with E-state index in [1.165, 1.54) is 0 Å². The number of nitrogens with zero attached hydrogens (tertiary/aromatic N) is 1. The third-order valence-electron chi connectivity index (χ3n) is 0.295. The molecule has 0 aliphatic heterocycles. The molecule has 0 N–H and O–H groups in total. The van der Waals surface area contributed by atoms with E-state index in [4.69, 9.17) is 0 Å². The van der Waals surface area contributed by atoms with Crippen molar-refractivity contribution in [1.29, 1.82) is 0 Å². The Hall–Kier alpha value is 0.700. The fourth-order valence-electron chi connectivity index (χ4n) is 0.153. The standard InChI is InChI=1S/C3H7INP/c1-3-5-6(2)4/h2-3H2,1H3. The van der Waals surface area contributed by atoms with Gasteiger partial charge in [-0.05, 0) is 6.92 Å². The van der Waals surface area contributed by atoms with Crippen molar-refractivity contribution in [2.45, 2.75) is 6.92 Å². The van der Waals surface area contributed by atoms with Gasteiger partial charge in [0.2, 0.25) is 0 Å². The third-order valence-corrected chi connectivity index (χ3v) is 1.80. The summed E-state index contributed by atoms with van der Waals surface area (Å²) in [5.74, 6) is 0. The van der Waals surface area contributed by atoms with E-state index in [0.717, 1.165) is 6.54 Å². The van der Waals surface area contributed by atoms with Crippen molar-refractivity contribution in [2.24, 2.45) is 4.74 Å². The lowest BCUT2D eigenvalue weighted by molar-refractivity contribution is 1.16. The zero-order valence-corrected chi connectivity index (χ0v) is 6.74. The van der Waals surface area contributed by atoms with Crippen molar-refractivity contribution < 1.29 is 0 Å². The lowest BCUT2D eigenvalue weighted by Gasteiger charge is -1.71. The smallest absolute Gasteiger partial charge is 0.0408 e. The van der Waals surface area contributed by atoms with Crippen LogP contribution in [0, 0.1) is 0 Å². The molecule has 1 nitrogen and oxygen atoms in total. The van der Waals surface area contributed by atoms with Gasteiger partial charge in [0.15, 0.2) is 0 Å². The molecule has 0 aliphatic rings. The molecule has 0 fully saturated rings. The van der Waals surface area contributed by atoms with E-state index < -0.39 is 0 Å². The third kappa shape index (κ3) is 4.70. The van der Waals surface area contributed by atoms with E-state index in [1.807, 2.05) is 6.92 Å². The van der Waals surface area contributed by atoms with Crippen LogP contribution < -0.4 is 0 Å². The molecule has 1 unspecified atom stereocenters. The predicted molar refractivity (Wildman–Crippen MR) is 41.0 cm³/mol. The number of halogens is 1. The molecule has 0 bridgehead atoms. The van der Waals surface area contributed by atoms with Gasteiger partial charge in [-0.25, -0.2) is 0 Å². The summed E-state index contributed by atoms with van der Waals surface area (Å²) >= 11 is 2.23. The number of hydrogen-bond donors (Lipinski definition) is 0. The summed E-state index contributed by atoms with van der Waals surface area (Å²) in [6, 6.07) is 0. The monoisotopic (exact) mass is 215 g/mol. The fourth-order valence-corrected chi connectivity index (χ4v) is 1.38. The van der Waals surface area contributed by atoms with Gasteiger partial charge < -0.3 is 0 Å². The van der Waals surface area contributed by atoms with Crippen molar-refractivity contribution in [2.75, 3.05) is 6.54 Å². The summed E-state index contributed by atoms with van der Waals surface area (Å²) in [5.41, 5.74) is 0. The Morgan fingerprint density at radius 2 is 2.50 bits per heavy atom. The van der Waals surface area contributed by atoms with Crippen LogP contribution in [0.1, 0.15) is 6.92 Å². The Balaban J connectivity index is 3.43. The molecule has 0 aromatic carbocycles. The van der Waals surface area contributed by atoms with Gasteiger partial charge in [-0.15, -0.1) is 0 Å². The molecule has 0 aromatic rings. The molecule has 1 atom stereocenters. The van der Waals surface area contributed by atoms with Crippen LogP contribution in [0.5, 0.6) is 0 Å². The SMILES string of the molecule is C=P(I)=NCC. The molecule has 0 saturated heterocycles. The van der Waals surface area contributed by atoms with Crippen molar-refractivity contribution in [3.8, 4) is 0 Å². The van der Waals surface area contributed by atoms with Crippen LogP contribution in [0.15, 0.2) is 4.74 Å². The summed E-state index contributed by atoms with van der Waals surface area (Å²) < 4.78 is 4.07. The minimum Gasteiger partial charge on any atom is -0.265 e. The van der Waals surface area contributed by atoms with Gasteiger partial charge >= 0.3 is 0 Å². The Morgan fingerprint density at radius 1 is 2.00 bits per heavy atom. The van der Waals surface area contributed by atoms with E-state index in [0.29, 0.717) is 0 Å². The van der Waals surface area contributed by atoms with E-state index in [-0.39, 0.29) is 4.98 Å². The normalized spacial score (nSPS) is 12.0. The molecule has 3 heteroatoms. The highest BCUT2D eigenvalue weighted by Crippen LogP contribution is 2.18. The van der Waals surface area contributed by atoms with Gasteiger partial charge in [-0.2, -0.15) is 0 Å². The van der Waals surface area contributed by atoms with Gasteiger partial charge in [0.25, 0.3) is 0 Å². The second-order valence-corrected chi connectivity index (χ2v) is 5.09. The molecule has 6 heavy (non-hydrogen) atoms. The summed E-state index contributed by atoms with van der Waals surface area (Å²) in [4.78, 5) is -0.256. The van der Waals surface area contributed by atoms with E-state index in [9.17, 15) is 0 Å². The van der Waals surface area contributed by atoms with Gasteiger partial charge in [0.1, 0.15) is 0 Å². The average Bonchev–Trinajstić information content (AvgIpc) is 1.35. The Morgan fingerprint density at radius 3 is 2.50 bits per heavy atom. The molecule has 0 spiro atoms. The summed E-state index contributed by atoms with van der Waals surface area (Å²) in [6.07, 6.45) is 3.71. The lowest BCUT2D eigenvalue weighted by atomic mass is 10.8. The molecule has 0 rings (SSSR count). The van der Waals surface area contributed by atoms with Crippen LogP contribution in [-0.4, -0.2) is 12.8 Å². The van der Waals surface area contributed by atoms with Gasteiger partial charge in [0.05, 0.1) is 0 Å². The molecule has 0 heterocycles. The van der Waals surface area contributed by atoms with Crippen molar-refractivity contribution in [3.63, 3.8) is 0 Å². The summed E-state index contributed by atoms with van der Waals surface area (Å²) in [7, 11) is 0. The highest BCUT2D eigenvalue weighted by atomic mass is 127. The van der Waals surface area contributed by atoms with Gasteiger partial charge in [-0.3, -0.25) is 4.74 Å². The van der Waals surface area contributed by atoms with Gasteiger partial charge in [0, 0.05) is 33.6 Å². The first-order valence-electron chi connectivity index (χ1n) is 1.71. The molecule has 0 saturated carbocycles. The second kappa shape index (κ2) is 3.88. The van der Waals surface area contributed by atoms with Crippen LogP contribution in [-0.2, 0) is 0 Å². The molecule has 0 aromatic heterocycles. The summed E-state index contributed by atoms with van der Waals surface area (Å²) in [5, 5.41) is 0. The van der Waals surface area contributed by atoms with Crippen molar-refractivity contribution >= 4 is 33.3 Å². The zero-order valence-electron chi connectivity index (χ0n) is 3.69. The van der Waals surface area contributed by atoms with Crippen LogP contribution >= 0.6 is 27.0 Å². The second-order valence-electron chi connectivity index (χ2n) is 0.794. The van der Waals surface area contributed by atoms with E-state index in [2.05, 4.69) is 33.1 Å². The van der Waals surface area contributed by atoms with Crippen LogP contribution in [0.3, 0.4) is 0 Å². The Kier molecular flexibility index (Phi) is 4.33. The molecular formula is C3H7INP. The maximum absolute atomic E-state index is 4.07. The topological polar surface area (TPSA) is 12.4 Å². The highest BCUT2D eigenvalue weighted by Gasteiger charge is 1.59. The maximum atomic E-state index is 4.07. The molecule has 0 amide bonds. The van der Waals surface area contributed by atoms with E-state index >= 15 is 0 Å². The minimum atomic E-state index is -0.256. The van der Waals surface area contributed by atoms with Crippen LogP contribution in [0.2, 0.25) is 0 Å². The first-order valence-corrected chi connectivity index (χ1v) is 5.97. The Bertz CT molecular complexity index is 93.0. The quantitative estimate of drug-likeness (QED) is 0.470. The first kappa shape index (κ1) is 6.70. The maximum Gasteiger partial charge on any atom is 0.0408 e.